The van der Waals surface area contributed by atoms with Crippen molar-refractivity contribution in [1.82, 2.24) is 0 Å². The van der Waals surface area contributed by atoms with E-state index in [2.05, 4.69) is 13.8 Å². The van der Waals surface area contributed by atoms with Crippen molar-refractivity contribution in [3.05, 3.63) is 0 Å². The zero-order valence-electron chi connectivity index (χ0n) is 9.62. The van der Waals surface area contributed by atoms with E-state index in [1.807, 2.05) is 11.8 Å². The van der Waals surface area contributed by atoms with Gasteiger partial charge >= 0.3 is 5.97 Å². The molecule has 0 bridgehead atoms. The fraction of sp³-hybridized carbons (Fsp3) is 0.818. The van der Waals surface area contributed by atoms with E-state index in [0.29, 0.717) is 11.4 Å². The number of nitrogens with two attached hydrogens (primary N) is 1. The maximum absolute atomic E-state index is 11.5. The molecule has 2 N–H and O–H groups in total. The molecule has 2 atom stereocenters. The Labute approximate surface area is 105 Å². The van der Waals surface area contributed by atoms with Crippen molar-refractivity contribution < 1.29 is 9.53 Å². The molecule has 2 saturated heterocycles. The molecule has 0 unspecified atom stereocenters. The lowest BCUT2D eigenvalue weighted by Gasteiger charge is -2.43. The quantitative estimate of drug-likeness (QED) is 0.575. The van der Waals surface area contributed by atoms with Crippen molar-refractivity contribution in [3.8, 4) is 0 Å². The van der Waals surface area contributed by atoms with Gasteiger partial charge in [0.2, 0.25) is 0 Å². The SMILES string of the molecule is CC1(C)C[C@@]2(CCS1)OC(=O)C[C@@H]2C(N)=S. The van der Waals surface area contributed by atoms with Gasteiger partial charge in [-0.1, -0.05) is 26.1 Å². The third-order valence-electron chi connectivity index (χ3n) is 3.41. The Kier molecular flexibility index (Phi) is 2.95. The molecule has 0 aromatic carbocycles. The molecule has 2 rings (SSSR count). The molecular weight excluding hydrogens is 242 g/mol. The third-order valence-corrected chi connectivity index (χ3v) is 5.03. The molecule has 0 aliphatic carbocycles. The molecule has 0 aromatic heterocycles. The summed E-state index contributed by atoms with van der Waals surface area (Å²) in [5.41, 5.74) is 5.33. The molecule has 1 spiro atoms. The normalized spacial score (nSPS) is 37.4. The summed E-state index contributed by atoms with van der Waals surface area (Å²) in [6.45, 7) is 4.36. The lowest BCUT2D eigenvalue weighted by Crippen LogP contribution is -2.49. The van der Waals surface area contributed by atoms with Gasteiger partial charge in [-0.05, 0) is 12.2 Å². The van der Waals surface area contributed by atoms with Crippen molar-refractivity contribution in [2.24, 2.45) is 11.7 Å². The van der Waals surface area contributed by atoms with Crippen LogP contribution < -0.4 is 5.73 Å². The van der Waals surface area contributed by atoms with Crippen LogP contribution in [0.25, 0.3) is 0 Å². The van der Waals surface area contributed by atoms with Crippen LogP contribution >= 0.6 is 24.0 Å². The molecular formula is C11H17NO2S2. The van der Waals surface area contributed by atoms with E-state index in [1.54, 1.807) is 0 Å². The number of ether oxygens (including phenoxy) is 1. The van der Waals surface area contributed by atoms with Gasteiger partial charge in [0.1, 0.15) is 5.60 Å². The van der Waals surface area contributed by atoms with Crippen LogP contribution in [0.3, 0.4) is 0 Å². The molecule has 16 heavy (non-hydrogen) atoms. The molecule has 5 heteroatoms. The van der Waals surface area contributed by atoms with Crippen LogP contribution in [0.5, 0.6) is 0 Å². The van der Waals surface area contributed by atoms with E-state index in [-0.39, 0.29) is 16.6 Å². The number of thioether (sulfide) groups is 1. The van der Waals surface area contributed by atoms with Gasteiger partial charge in [0.15, 0.2) is 0 Å². The van der Waals surface area contributed by atoms with Gasteiger partial charge in [0.05, 0.1) is 17.3 Å². The zero-order chi connectivity index (χ0) is 12.0. The second-order valence-corrected chi connectivity index (χ2v) is 7.51. The van der Waals surface area contributed by atoms with Gasteiger partial charge in [-0.3, -0.25) is 4.79 Å². The minimum atomic E-state index is -0.419. The topological polar surface area (TPSA) is 52.3 Å². The van der Waals surface area contributed by atoms with Gasteiger partial charge in [0, 0.05) is 11.2 Å². The predicted molar refractivity (Wildman–Crippen MR) is 69.5 cm³/mol. The molecule has 2 aliphatic heterocycles. The first-order valence-corrected chi connectivity index (χ1v) is 6.89. The summed E-state index contributed by atoms with van der Waals surface area (Å²) in [5.74, 6) is 0.773. The van der Waals surface area contributed by atoms with Crippen molar-refractivity contribution in [2.75, 3.05) is 5.75 Å². The number of rotatable bonds is 1. The number of thiocarbonyl (C=S) groups is 1. The van der Waals surface area contributed by atoms with Gasteiger partial charge in [-0.2, -0.15) is 11.8 Å². The van der Waals surface area contributed by atoms with E-state index in [9.17, 15) is 4.79 Å². The zero-order valence-corrected chi connectivity index (χ0v) is 11.2. The van der Waals surface area contributed by atoms with Gasteiger partial charge in [-0.15, -0.1) is 0 Å². The lowest BCUT2D eigenvalue weighted by atomic mass is 9.78. The molecule has 0 aromatic rings. The first kappa shape index (κ1) is 12.2. The van der Waals surface area contributed by atoms with E-state index < -0.39 is 5.60 Å². The first-order chi connectivity index (χ1) is 7.35. The van der Waals surface area contributed by atoms with Crippen LogP contribution in [-0.2, 0) is 9.53 Å². The summed E-state index contributed by atoms with van der Waals surface area (Å²) in [4.78, 5) is 11.9. The van der Waals surface area contributed by atoms with E-state index >= 15 is 0 Å². The Bertz CT molecular complexity index is 343. The molecule has 0 amide bonds. The molecule has 90 valence electrons. The monoisotopic (exact) mass is 259 g/mol. The summed E-state index contributed by atoms with van der Waals surface area (Å²) >= 11 is 7.00. The fourth-order valence-corrected chi connectivity index (χ4v) is 4.44. The minimum absolute atomic E-state index is 0.0739. The highest BCUT2D eigenvalue weighted by Crippen LogP contribution is 2.50. The maximum Gasteiger partial charge on any atom is 0.307 e. The number of hydrogen-bond acceptors (Lipinski definition) is 4. The van der Waals surface area contributed by atoms with Gasteiger partial charge in [-0.25, -0.2) is 0 Å². The molecule has 2 heterocycles. The molecule has 2 fully saturated rings. The van der Waals surface area contributed by atoms with Crippen LogP contribution in [0, 0.1) is 5.92 Å². The van der Waals surface area contributed by atoms with Crippen LogP contribution in [-0.4, -0.2) is 27.1 Å². The number of carbonyl (C=O) groups is 1. The maximum atomic E-state index is 11.5. The highest BCUT2D eigenvalue weighted by Gasteiger charge is 2.54. The Morgan fingerprint density at radius 1 is 1.62 bits per heavy atom. The average Bonchev–Trinajstić information content (AvgIpc) is 2.40. The fourth-order valence-electron chi connectivity index (χ4n) is 2.80. The van der Waals surface area contributed by atoms with Crippen LogP contribution in [0.15, 0.2) is 0 Å². The van der Waals surface area contributed by atoms with Crippen LogP contribution in [0.1, 0.15) is 33.1 Å². The van der Waals surface area contributed by atoms with Crippen LogP contribution in [0.4, 0.5) is 0 Å². The summed E-state index contributed by atoms with van der Waals surface area (Å²) in [6, 6.07) is 0. The summed E-state index contributed by atoms with van der Waals surface area (Å²) < 4.78 is 5.71. The second-order valence-electron chi connectivity index (χ2n) is 5.23. The third kappa shape index (κ3) is 2.07. The average molecular weight is 259 g/mol. The summed E-state index contributed by atoms with van der Waals surface area (Å²) in [5, 5.41) is 0. The van der Waals surface area contributed by atoms with Crippen molar-refractivity contribution >= 4 is 34.9 Å². The molecule has 0 radical (unpaired) electrons. The highest BCUT2D eigenvalue weighted by atomic mass is 32.2. The molecule has 3 nitrogen and oxygen atoms in total. The van der Waals surface area contributed by atoms with Crippen molar-refractivity contribution in [1.29, 1.82) is 0 Å². The molecule has 0 saturated carbocycles. The predicted octanol–water partition coefficient (Wildman–Crippen LogP) is 1.88. The number of esters is 1. The first-order valence-electron chi connectivity index (χ1n) is 5.50. The molecule has 2 aliphatic rings. The van der Waals surface area contributed by atoms with E-state index in [4.69, 9.17) is 22.7 Å². The standard InChI is InChI=1S/C11H17NO2S2/c1-10(2)6-11(3-4-16-10)7(9(12)15)5-8(13)14-11/h7H,3-6H2,1-2H3,(H2,12,15)/t7-,11-/m1/s1. The largest absolute Gasteiger partial charge is 0.458 e. The second kappa shape index (κ2) is 3.88. The lowest BCUT2D eigenvalue weighted by molar-refractivity contribution is -0.150. The Hall–Kier alpha value is -0.290. The van der Waals surface area contributed by atoms with Gasteiger partial charge in [0.25, 0.3) is 0 Å². The Morgan fingerprint density at radius 3 is 2.88 bits per heavy atom. The van der Waals surface area contributed by atoms with E-state index in [1.165, 1.54) is 0 Å². The highest BCUT2D eigenvalue weighted by molar-refractivity contribution is 8.00. The van der Waals surface area contributed by atoms with Crippen molar-refractivity contribution in [2.45, 2.75) is 43.5 Å². The van der Waals surface area contributed by atoms with Gasteiger partial charge < -0.3 is 10.5 Å². The Morgan fingerprint density at radius 2 is 2.31 bits per heavy atom. The summed E-state index contributed by atoms with van der Waals surface area (Å²) in [6.07, 6.45) is 2.07. The van der Waals surface area contributed by atoms with E-state index in [0.717, 1.165) is 18.6 Å². The van der Waals surface area contributed by atoms with Crippen LogP contribution in [0.2, 0.25) is 0 Å². The number of carbonyl (C=O) groups excluding carboxylic acids is 1. The van der Waals surface area contributed by atoms with Crippen molar-refractivity contribution in [3.63, 3.8) is 0 Å². The smallest absolute Gasteiger partial charge is 0.307 e. The summed E-state index contributed by atoms with van der Waals surface area (Å²) in [7, 11) is 0. The Balaban J connectivity index is 2.28. The number of hydrogen-bond donors (Lipinski definition) is 1. The minimum Gasteiger partial charge on any atom is -0.458 e.